The van der Waals surface area contributed by atoms with Crippen LogP contribution in [0.1, 0.15) is 43.7 Å². The van der Waals surface area contributed by atoms with Crippen molar-refractivity contribution in [3.63, 3.8) is 0 Å². The van der Waals surface area contributed by atoms with Gasteiger partial charge >= 0.3 is 5.97 Å². The van der Waals surface area contributed by atoms with Crippen molar-refractivity contribution in [1.82, 2.24) is 0 Å². The molecule has 0 saturated heterocycles. The van der Waals surface area contributed by atoms with E-state index < -0.39 is 0 Å². The van der Waals surface area contributed by atoms with Crippen LogP contribution in [0.25, 0.3) is 0 Å². The second-order valence-electron chi connectivity index (χ2n) is 5.33. The van der Waals surface area contributed by atoms with E-state index in [4.69, 9.17) is 4.74 Å². The van der Waals surface area contributed by atoms with E-state index in [1.807, 2.05) is 6.92 Å². The molecule has 0 atom stereocenters. The first-order chi connectivity index (χ1) is 9.54. The van der Waals surface area contributed by atoms with E-state index in [0.717, 1.165) is 25.8 Å². The molecule has 0 aliphatic heterocycles. The number of benzene rings is 1. The zero-order valence-corrected chi connectivity index (χ0v) is 13.2. The molecule has 1 aromatic carbocycles. The van der Waals surface area contributed by atoms with Crippen molar-refractivity contribution < 1.29 is 9.53 Å². The van der Waals surface area contributed by atoms with Gasteiger partial charge in [-0.1, -0.05) is 24.1 Å². The Morgan fingerprint density at radius 3 is 2.60 bits per heavy atom. The molecule has 3 nitrogen and oxygen atoms in total. The van der Waals surface area contributed by atoms with Crippen LogP contribution in [0.4, 0.5) is 5.69 Å². The molecule has 0 aliphatic carbocycles. The van der Waals surface area contributed by atoms with Crippen LogP contribution in [0, 0.1) is 13.8 Å². The summed E-state index contributed by atoms with van der Waals surface area (Å²) < 4.78 is 4.92. The molecule has 112 valence electrons. The SMILES string of the molecule is CCOC(=O)CCCCCN(C)c1ccc(C)cc1C. The lowest BCUT2D eigenvalue weighted by molar-refractivity contribution is -0.143. The Morgan fingerprint density at radius 2 is 1.95 bits per heavy atom. The fourth-order valence-electron chi connectivity index (χ4n) is 2.38. The zero-order valence-electron chi connectivity index (χ0n) is 13.2. The van der Waals surface area contributed by atoms with E-state index in [1.54, 1.807) is 0 Å². The zero-order chi connectivity index (χ0) is 15.0. The molecule has 0 N–H and O–H groups in total. The lowest BCUT2D eigenvalue weighted by Crippen LogP contribution is -2.19. The first-order valence-electron chi connectivity index (χ1n) is 7.48. The second kappa shape index (κ2) is 8.62. The number of carbonyl (C=O) groups is 1. The number of ether oxygens (including phenoxy) is 1. The minimum atomic E-state index is -0.0739. The number of hydrogen-bond donors (Lipinski definition) is 0. The number of rotatable bonds is 8. The molecule has 1 rings (SSSR count). The van der Waals surface area contributed by atoms with Crippen LogP contribution in [-0.4, -0.2) is 26.2 Å². The van der Waals surface area contributed by atoms with Gasteiger partial charge in [-0.3, -0.25) is 4.79 Å². The average Bonchev–Trinajstić information content (AvgIpc) is 2.38. The number of anilines is 1. The smallest absolute Gasteiger partial charge is 0.305 e. The predicted octanol–water partition coefficient (Wildman–Crippen LogP) is 3.86. The lowest BCUT2D eigenvalue weighted by atomic mass is 10.1. The Labute approximate surface area is 122 Å². The van der Waals surface area contributed by atoms with E-state index >= 15 is 0 Å². The van der Waals surface area contributed by atoms with Crippen LogP contribution < -0.4 is 4.90 Å². The maximum absolute atomic E-state index is 11.2. The third-order valence-corrected chi connectivity index (χ3v) is 3.44. The Balaban J connectivity index is 2.26. The second-order valence-corrected chi connectivity index (χ2v) is 5.33. The quantitative estimate of drug-likeness (QED) is 0.534. The predicted molar refractivity (Wildman–Crippen MR) is 84.3 cm³/mol. The topological polar surface area (TPSA) is 29.5 Å². The van der Waals surface area contributed by atoms with Gasteiger partial charge in [0.15, 0.2) is 0 Å². The Kier molecular flexibility index (Phi) is 7.13. The average molecular weight is 277 g/mol. The van der Waals surface area contributed by atoms with Crippen molar-refractivity contribution in [2.75, 3.05) is 25.1 Å². The summed E-state index contributed by atoms with van der Waals surface area (Å²) in [4.78, 5) is 13.5. The molecule has 0 aromatic heterocycles. The molecule has 0 spiro atoms. The minimum absolute atomic E-state index is 0.0739. The summed E-state index contributed by atoms with van der Waals surface area (Å²) in [6.45, 7) is 7.61. The fourth-order valence-corrected chi connectivity index (χ4v) is 2.38. The molecule has 0 heterocycles. The summed E-state index contributed by atoms with van der Waals surface area (Å²) in [5.41, 5.74) is 3.91. The monoisotopic (exact) mass is 277 g/mol. The van der Waals surface area contributed by atoms with Gasteiger partial charge in [0.05, 0.1) is 6.61 Å². The van der Waals surface area contributed by atoms with Gasteiger partial charge in [-0.15, -0.1) is 0 Å². The molecule has 1 aromatic rings. The van der Waals surface area contributed by atoms with E-state index in [2.05, 4.69) is 44.0 Å². The van der Waals surface area contributed by atoms with Gasteiger partial charge in [0.2, 0.25) is 0 Å². The third kappa shape index (κ3) is 5.64. The van der Waals surface area contributed by atoms with Crippen molar-refractivity contribution in [1.29, 1.82) is 0 Å². The van der Waals surface area contributed by atoms with Crippen molar-refractivity contribution in [2.45, 2.75) is 46.5 Å². The third-order valence-electron chi connectivity index (χ3n) is 3.44. The molecule has 20 heavy (non-hydrogen) atoms. The molecule has 0 aliphatic rings. The van der Waals surface area contributed by atoms with Crippen molar-refractivity contribution >= 4 is 11.7 Å². The largest absolute Gasteiger partial charge is 0.466 e. The van der Waals surface area contributed by atoms with E-state index in [9.17, 15) is 4.79 Å². The number of esters is 1. The number of hydrogen-bond acceptors (Lipinski definition) is 3. The van der Waals surface area contributed by atoms with Crippen LogP contribution in [-0.2, 0) is 9.53 Å². The van der Waals surface area contributed by atoms with Crippen molar-refractivity contribution in [3.05, 3.63) is 29.3 Å². The summed E-state index contributed by atoms with van der Waals surface area (Å²) in [5.74, 6) is -0.0739. The maximum Gasteiger partial charge on any atom is 0.305 e. The van der Waals surface area contributed by atoms with E-state index in [-0.39, 0.29) is 5.97 Å². The van der Waals surface area contributed by atoms with Crippen LogP contribution in [0.3, 0.4) is 0 Å². The van der Waals surface area contributed by atoms with Gasteiger partial charge in [-0.05, 0) is 45.2 Å². The molecule has 0 amide bonds. The highest BCUT2D eigenvalue weighted by Crippen LogP contribution is 2.20. The van der Waals surface area contributed by atoms with Crippen molar-refractivity contribution in [2.24, 2.45) is 0 Å². The highest BCUT2D eigenvalue weighted by atomic mass is 16.5. The number of aryl methyl sites for hydroxylation is 2. The number of unbranched alkanes of at least 4 members (excludes halogenated alkanes) is 2. The summed E-state index contributed by atoms with van der Waals surface area (Å²) in [6.07, 6.45) is 3.62. The summed E-state index contributed by atoms with van der Waals surface area (Å²) in [5, 5.41) is 0. The molecule has 0 radical (unpaired) electrons. The van der Waals surface area contributed by atoms with Gasteiger partial charge < -0.3 is 9.64 Å². The van der Waals surface area contributed by atoms with Gasteiger partial charge in [-0.2, -0.15) is 0 Å². The molecule has 0 fully saturated rings. The Hall–Kier alpha value is -1.51. The number of nitrogens with zero attached hydrogens (tertiary/aromatic N) is 1. The first-order valence-corrected chi connectivity index (χ1v) is 7.48. The van der Waals surface area contributed by atoms with Gasteiger partial charge in [0.25, 0.3) is 0 Å². The lowest BCUT2D eigenvalue weighted by Gasteiger charge is -2.21. The molecular formula is C17H27NO2. The van der Waals surface area contributed by atoms with Crippen LogP contribution >= 0.6 is 0 Å². The molecule has 0 saturated carbocycles. The maximum atomic E-state index is 11.2. The summed E-state index contributed by atoms with van der Waals surface area (Å²) in [6, 6.07) is 6.55. The minimum Gasteiger partial charge on any atom is -0.466 e. The first kappa shape index (κ1) is 16.5. The summed E-state index contributed by atoms with van der Waals surface area (Å²) in [7, 11) is 2.13. The van der Waals surface area contributed by atoms with Crippen LogP contribution in [0.15, 0.2) is 18.2 Å². The summed E-state index contributed by atoms with van der Waals surface area (Å²) >= 11 is 0. The van der Waals surface area contributed by atoms with E-state index in [0.29, 0.717) is 13.0 Å². The van der Waals surface area contributed by atoms with Gasteiger partial charge in [0, 0.05) is 25.7 Å². The van der Waals surface area contributed by atoms with E-state index in [1.165, 1.54) is 16.8 Å². The highest BCUT2D eigenvalue weighted by molar-refractivity contribution is 5.69. The highest BCUT2D eigenvalue weighted by Gasteiger charge is 2.05. The molecular weight excluding hydrogens is 250 g/mol. The van der Waals surface area contributed by atoms with Gasteiger partial charge in [0.1, 0.15) is 0 Å². The van der Waals surface area contributed by atoms with Crippen LogP contribution in [0.2, 0.25) is 0 Å². The Morgan fingerprint density at radius 1 is 1.20 bits per heavy atom. The number of carbonyl (C=O) groups excluding carboxylic acids is 1. The van der Waals surface area contributed by atoms with Gasteiger partial charge in [-0.25, -0.2) is 0 Å². The molecule has 0 unspecified atom stereocenters. The molecule has 3 heteroatoms. The van der Waals surface area contributed by atoms with Crippen molar-refractivity contribution in [3.8, 4) is 0 Å². The fraction of sp³-hybridized carbons (Fsp3) is 0.588. The normalized spacial score (nSPS) is 10.4. The Bertz CT molecular complexity index is 429. The van der Waals surface area contributed by atoms with Crippen LogP contribution in [0.5, 0.6) is 0 Å². The standard InChI is InChI=1S/C17H27NO2/c1-5-20-17(19)9-7-6-8-12-18(4)16-11-10-14(2)13-15(16)3/h10-11,13H,5-9,12H2,1-4H3. The molecule has 0 bridgehead atoms.